The third-order valence-electron chi connectivity index (χ3n) is 1.21. The van der Waals surface area contributed by atoms with E-state index in [1.165, 1.54) is 6.07 Å². The lowest BCUT2D eigenvalue weighted by atomic mass is 10.2. The van der Waals surface area contributed by atoms with Crippen molar-refractivity contribution in [1.82, 2.24) is 0 Å². The van der Waals surface area contributed by atoms with Gasteiger partial charge in [0.25, 0.3) is 0 Å². The fraction of sp³-hybridized carbons (Fsp3) is 0.125. The number of ether oxygens (including phenoxy) is 1. The molecular weight excluding hydrogens is 200 g/mol. The second-order valence-corrected chi connectivity index (χ2v) is 2.46. The molecule has 0 amide bonds. The summed E-state index contributed by atoms with van der Waals surface area (Å²) in [6, 6.07) is 6.43. The standard InChI is InChI=1S/C8H3ClF2NO/c9-6-1-2-7(13-8(10)11)5(3-6)4-12/h2-3,8H. The molecule has 0 atom stereocenters. The van der Waals surface area contributed by atoms with Crippen LogP contribution in [-0.4, -0.2) is 6.61 Å². The van der Waals surface area contributed by atoms with Gasteiger partial charge in [0.1, 0.15) is 11.8 Å². The monoisotopic (exact) mass is 202 g/mol. The molecule has 0 bridgehead atoms. The van der Waals surface area contributed by atoms with E-state index in [9.17, 15) is 8.78 Å². The predicted octanol–water partition coefficient (Wildman–Crippen LogP) is 2.61. The highest BCUT2D eigenvalue weighted by Gasteiger charge is 2.09. The Balaban J connectivity index is 3.01. The molecule has 0 aliphatic carbocycles. The van der Waals surface area contributed by atoms with E-state index >= 15 is 0 Å². The van der Waals surface area contributed by atoms with Gasteiger partial charge in [0.2, 0.25) is 0 Å². The maximum absolute atomic E-state index is 11.8. The molecule has 0 heterocycles. The Morgan fingerprint density at radius 2 is 2.31 bits per heavy atom. The lowest BCUT2D eigenvalue weighted by Gasteiger charge is -2.05. The lowest BCUT2D eigenvalue weighted by molar-refractivity contribution is -0.0500. The number of halogens is 3. The molecule has 1 aromatic carbocycles. The largest absolute Gasteiger partial charge is 0.433 e. The minimum atomic E-state index is -2.96. The number of benzene rings is 1. The van der Waals surface area contributed by atoms with Crippen molar-refractivity contribution >= 4 is 11.6 Å². The van der Waals surface area contributed by atoms with Crippen LogP contribution in [0.2, 0.25) is 5.02 Å². The van der Waals surface area contributed by atoms with Crippen LogP contribution in [0.15, 0.2) is 12.1 Å². The fourth-order valence-electron chi connectivity index (χ4n) is 0.733. The van der Waals surface area contributed by atoms with Crippen molar-refractivity contribution in [3.05, 3.63) is 28.8 Å². The van der Waals surface area contributed by atoms with Gasteiger partial charge < -0.3 is 4.74 Å². The first-order valence-corrected chi connectivity index (χ1v) is 3.57. The van der Waals surface area contributed by atoms with E-state index in [1.807, 2.05) is 0 Å². The van der Waals surface area contributed by atoms with E-state index in [4.69, 9.17) is 16.9 Å². The molecule has 0 aromatic heterocycles. The normalized spacial score (nSPS) is 9.77. The molecule has 0 spiro atoms. The van der Waals surface area contributed by atoms with Crippen molar-refractivity contribution in [1.29, 1.82) is 5.26 Å². The summed E-state index contributed by atoms with van der Waals surface area (Å²) in [5, 5.41) is 8.69. The van der Waals surface area contributed by atoms with Crippen molar-refractivity contribution in [2.45, 2.75) is 6.61 Å². The topological polar surface area (TPSA) is 33.0 Å². The highest BCUT2D eigenvalue weighted by Crippen LogP contribution is 2.22. The van der Waals surface area contributed by atoms with E-state index in [0.717, 1.165) is 6.07 Å². The highest BCUT2D eigenvalue weighted by atomic mass is 35.5. The number of hydrogen-bond acceptors (Lipinski definition) is 2. The zero-order valence-corrected chi connectivity index (χ0v) is 6.98. The molecule has 67 valence electrons. The quantitative estimate of drug-likeness (QED) is 0.739. The third-order valence-corrected chi connectivity index (χ3v) is 1.43. The van der Waals surface area contributed by atoms with Crippen molar-refractivity contribution in [3.8, 4) is 11.8 Å². The first kappa shape index (κ1) is 9.75. The summed E-state index contributed by atoms with van der Waals surface area (Å²) in [5.41, 5.74) is -0.0379. The Bertz CT molecular complexity index is 348. The predicted molar refractivity (Wildman–Crippen MR) is 41.6 cm³/mol. The minimum Gasteiger partial charge on any atom is -0.433 e. The van der Waals surface area contributed by atoms with Crippen LogP contribution in [0.25, 0.3) is 0 Å². The van der Waals surface area contributed by atoms with E-state index in [-0.39, 0.29) is 16.3 Å². The van der Waals surface area contributed by atoms with Gasteiger partial charge in [-0.1, -0.05) is 11.6 Å². The number of alkyl halides is 2. The van der Waals surface area contributed by atoms with Gasteiger partial charge in [-0.05, 0) is 12.1 Å². The summed E-state index contributed by atoms with van der Waals surface area (Å²) in [6.07, 6.45) is 0. The van der Waals surface area contributed by atoms with Crippen LogP contribution in [0.1, 0.15) is 5.56 Å². The average Bonchev–Trinajstić information content (AvgIpc) is 2.07. The number of nitrogens with zero attached hydrogens (tertiary/aromatic N) is 1. The maximum Gasteiger partial charge on any atom is 0.387 e. The van der Waals surface area contributed by atoms with Crippen LogP contribution in [-0.2, 0) is 0 Å². The Morgan fingerprint density at radius 1 is 1.62 bits per heavy atom. The molecule has 0 unspecified atom stereocenters. The van der Waals surface area contributed by atoms with Crippen LogP contribution < -0.4 is 4.74 Å². The Labute approximate surface area is 78.3 Å². The fourth-order valence-corrected chi connectivity index (χ4v) is 0.896. The second-order valence-electron chi connectivity index (χ2n) is 2.05. The lowest BCUT2D eigenvalue weighted by Crippen LogP contribution is -2.03. The summed E-state index contributed by atoms with van der Waals surface area (Å²) in [5.74, 6) is -0.220. The summed E-state index contributed by atoms with van der Waals surface area (Å²) >= 11 is 5.48. The van der Waals surface area contributed by atoms with Crippen molar-refractivity contribution in [3.63, 3.8) is 0 Å². The first-order valence-electron chi connectivity index (χ1n) is 3.19. The first-order chi connectivity index (χ1) is 6.13. The Morgan fingerprint density at radius 3 is 2.85 bits per heavy atom. The molecule has 0 saturated carbocycles. The summed E-state index contributed by atoms with van der Waals surface area (Å²) < 4.78 is 27.6. The van der Waals surface area contributed by atoms with Crippen LogP contribution in [0.5, 0.6) is 5.75 Å². The van der Waals surface area contributed by atoms with E-state index < -0.39 is 6.61 Å². The number of nitriles is 1. The molecule has 0 N–H and O–H groups in total. The van der Waals surface area contributed by atoms with Gasteiger partial charge in [0.15, 0.2) is 0 Å². The SMILES string of the molecule is N#Cc1cc(Cl)[c]cc1OC(F)F. The van der Waals surface area contributed by atoms with E-state index in [0.29, 0.717) is 0 Å². The molecule has 5 heteroatoms. The zero-order chi connectivity index (χ0) is 9.84. The molecule has 1 radical (unpaired) electrons. The van der Waals surface area contributed by atoms with Gasteiger partial charge in [-0.15, -0.1) is 0 Å². The average molecular weight is 203 g/mol. The van der Waals surface area contributed by atoms with Crippen molar-refractivity contribution in [2.24, 2.45) is 0 Å². The van der Waals surface area contributed by atoms with Gasteiger partial charge in [-0.2, -0.15) is 14.0 Å². The van der Waals surface area contributed by atoms with Gasteiger partial charge in [0, 0.05) is 6.07 Å². The maximum atomic E-state index is 11.8. The molecule has 1 aromatic rings. The molecular formula is C8H3ClF2NO. The smallest absolute Gasteiger partial charge is 0.387 e. The molecule has 0 fully saturated rings. The molecule has 1 rings (SSSR count). The van der Waals surface area contributed by atoms with Gasteiger partial charge in [0.05, 0.1) is 10.6 Å². The van der Waals surface area contributed by atoms with Crippen LogP contribution >= 0.6 is 11.6 Å². The number of hydrogen-bond donors (Lipinski definition) is 0. The highest BCUT2D eigenvalue weighted by molar-refractivity contribution is 6.30. The van der Waals surface area contributed by atoms with Gasteiger partial charge in [-0.25, -0.2) is 0 Å². The molecule has 0 saturated heterocycles. The Kier molecular flexibility index (Phi) is 3.04. The van der Waals surface area contributed by atoms with Gasteiger partial charge >= 0.3 is 6.61 Å². The number of rotatable bonds is 2. The molecule has 2 nitrogen and oxygen atoms in total. The van der Waals surface area contributed by atoms with Gasteiger partial charge in [-0.3, -0.25) is 0 Å². The van der Waals surface area contributed by atoms with E-state index in [2.05, 4.69) is 10.8 Å². The zero-order valence-electron chi connectivity index (χ0n) is 6.22. The van der Waals surface area contributed by atoms with Crippen LogP contribution in [0, 0.1) is 17.4 Å². The Hall–Kier alpha value is -1.34. The molecule has 13 heavy (non-hydrogen) atoms. The summed E-state index contributed by atoms with van der Waals surface area (Å²) in [7, 11) is 0. The minimum absolute atomic E-state index is 0.0379. The summed E-state index contributed by atoms with van der Waals surface area (Å²) in [4.78, 5) is 0. The summed E-state index contributed by atoms with van der Waals surface area (Å²) in [6.45, 7) is -2.96. The van der Waals surface area contributed by atoms with Crippen LogP contribution in [0.4, 0.5) is 8.78 Å². The van der Waals surface area contributed by atoms with Crippen molar-refractivity contribution < 1.29 is 13.5 Å². The third kappa shape index (κ3) is 2.56. The molecule has 0 aliphatic heterocycles. The second kappa shape index (κ2) is 4.06. The van der Waals surface area contributed by atoms with Crippen LogP contribution in [0.3, 0.4) is 0 Å². The molecule has 0 aliphatic rings. The van der Waals surface area contributed by atoms with E-state index in [1.54, 1.807) is 6.07 Å². The van der Waals surface area contributed by atoms with Crippen molar-refractivity contribution in [2.75, 3.05) is 0 Å².